The van der Waals surface area contributed by atoms with Crippen LogP contribution in [0.5, 0.6) is 0 Å². The smallest absolute Gasteiger partial charge is 0.252 e. The fourth-order valence-corrected chi connectivity index (χ4v) is 7.50. The Bertz CT molecular complexity index is 1050. The number of halogens is 1. The van der Waals surface area contributed by atoms with Gasteiger partial charge in [-0.1, -0.05) is 36.0 Å². The van der Waals surface area contributed by atoms with Crippen LogP contribution in [0, 0.1) is 12.7 Å². The number of carbonyl (C=O) groups is 1. The van der Waals surface area contributed by atoms with E-state index in [2.05, 4.69) is 4.99 Å². The highest BCUT2D eigenvalue weighted by molar-refractivity contribution is 8.16. The Labute approximate surface area is 167 Å². The van der Waals surface area contributed by atoms with E-state index in [1.54, 1.807) is 12.1 Å². The SMILES string of the molecule is Cc1cccc(N2C(=NC(=O)Cc3ccc(F)cc3)SC3CS(=O)(=O)CC32)c1. The minimum atomic E-state index is -3.10. The zero-order chi connectivity index (χ0) is 19.9. The third kappa shape index (κ3) is 3.98. The molecule has 2 aromatic carbocycles. The van der Waals surface area contributed by atoms with Crippen molar-refractivity contribution in [2.75, 3.05) is 16.4 Å². The summed E-state index contributed by atoms with van der Waals surface area (Å²) in [4.78, 5) is 18.7. The molecule has 146 valence electrons. The van der Waals surface area contributed by atoms with E-state index >= 15 is 0 Å². The van der Waals surface area contributed by atoms with E-state index < -0.39 is 9.84 Å². The molecule has 0 aromatic heterocycles. The lowest BCUT2D eigenvalue weighted by atomic mass is 10.1. The van der Waals surface area contributed by atoms with Crippen LogP contribution in [0.3, 0.4) is 0 Å². The molecule has 2 unspecified atom stereocenters. The highest BCUT2D eigenvalue weighted by Gasteiger charge is 2.49. The number of thioether (sulfide) groups is 1. The average Bonchev–Trinajstić information content (AvgIpc) is 3.07. The normalized spacial score (nSPS) is 24.5. The van der Waals surface area contributed by atoms with Crippen molar-refractivity contribution in [3.63, 3.8) is 0 Å². The Morgan fingerprint density at radius 3 is 2.68 bits per heavy atom. The Morgan fingerprint density at radius 2 is 1.96 bits per heavy atom. The van der Waals surface area contributed by atoms with Crippen molar-refractivity contribution in [2.24, 2.45) is 4.99 Å². The van der Waals surface area contributed by atoms with Crippen molar-refractivity contribution < 1.29 is 17.6 Å². The van der Waals surface area contributed by atoms with Crippen LogP contribution in [0.2, 0.25) is 0 Å². The number of sulfone groups is 1. The van der Waals surface area contributed by atoms with Crippen molar-refractivity contribution in [1.82, 2.24) is 0 Å². The van der Waals surface area contributed by atoms with Gasteiger partial charge in [-0.15, -0.1) is 0 Å². The van der Waals surface area contributed by atoms with Crippen LogP contribution >= 0.6 is 11.8 Å². The van der Waals surface area contributed by atoms with Gasteiger partial charge in [-0.05, 0) is 42.3 Å². The van der Waals surface area contributed by atoms with Gasteiger partial charge in [0.1, 0.15) is 5.82 Å². The average molecular weight is 419 g/mol. The van der Waals surface area contributed by atoms with E-state index in [9.17, 15) is 17.6 Å². The molecular weight excluding hydrogens is 399 g/mol. The highest BCUT2D eigenvalue weighted by Crippen LogP contribution is 2.41. The summed E-state index contributed by atoms with van der Waals surface area (Å²) in [5, 5.41) is 0.394. The molecule has 2 heterocycles. The number of anilines is 1. The molecule has 28 heavy (non-hydrogen) atoms. The van der Waals surface area contributed by atoms with E-state index in [0.717, 1.165) is 11.3 Å². The molecule has 4 rings (SSSR count). The summed E-state index contributed by atoms with van der Waals surface area (Å²) in [5.74, 6) is -0.539. The van der Waals surface area contributed by atoms with Gasteiger partial charge in [0.05, 0.1) is 24.0 Å². The quantitative estimate of drug-likeness (QED) is 0.767. The molecule has 0 saturated carbocycles. The number of nitrogens with zero attached hydrogens (tertiary/aromatic N) is 2. The van der Waals surface area contributed by atoms with Crippen LogP contribution in [0.1, 0.15) is 11.1 Å². The maximum atomic E-state index is 13.0. The summed E-state index contributed by atoms with van der Waals surface area (Å²) in [7, 11) is -3.10. The fraction of sp³-hybridized carbons (Fsp3) is 0.300. The molecular formula is C20H19FN2O3S2. The minimum absolute atomic E-state index is 0.0593. The lowest BCUT2D eigenvalue weighted by Gasteiger charge is -2.24. The van der Waals surface area contributed by atoms with Gasteiger partial charge in [0.15, 0.2) is 15.0 Å². The molecule has 0 spiro atoms. The van der Waals surface area contributed by atoms with Gasteiger partial charge in [0.25, 0.3) is 5.91 Å². The molecule has 2 aliphatic rings. The molecule has 0 bridgehead atoms. The van der Waals surface area contributed by atoms with Crippen LogP contribution in [0.15, 0.2) is 53.5 Å². The molecule has 2 atom stereocenters. The fourth-order valence-electron chi connectivity index (χ4n) is 3.57. The second-order valence-corrected chi connectivity index (χ2v) is 10.5. The van der Waals surface area contributed by atoms with E-state index in [4.69, 9.17) is 0 Å². The van der Waals surface area contributed by atoms with Crippen molar-refractivity contribution in [1.29, 1.82) is 0 Å². The second-order valence-electron chi connectivity index (χ2n) is 7.10. The largest absolute Gasteiger partial charge is 0.316 e. The van der Waals surface area contributed by atoms with Crippen LogP contribution in [-0.2, 0) is 21.1 Å². The summed E-state index contributed by atoms with van der Waals surface area (Å²) < 4.78 is 37.3. The number of hydrogen-bond donors (Lipinski definition) is 0. The number of aliphatic imine (C=N–C) groups is 1. The number of fused-ring (bicyclic) bond motifs is 1. The standard InChI is InChI=1S/C20H19FN2O3S2/c1-13-3-2-4-16(9-13)23-17-11-28(25,26)12-18(17)27-20(23)22-19(24)10-14-5-7-15(21)8-6-14/h2-9,17-18H,10-12H2,1H3. The first-order valence-electron chi connectivity index (χ1n) is 8.90. The zero-order valence-corrected chi connectivity index (χ0v) is 16.8. The lowest BCUT2D eigenvalue weighted by molar-refractivity contribution is -0.117. The number of carbonyl (C=O) groups excluding carboxylic acids is 1. The molecule has 2 saturated heterocycles. The van der Waals surface area contributed by atoms with Gasteiger partial charge in [-0.25, -0.2) is 12.8 Å². The number of aryl methyl sites for hydroxylation is 1. The Kier molecular flexibility index (Phi) is 5.01. The number of hydrogen-bond acceptors (Lipinski definition) is 4. The van der Waals surface area contributed by atoms with E-state index in [1.807, 2.05) is 36.1 Å². The summed E-state index contributed by atoms with van der Waals surface area (Å²) >= 11 is 1.35. The first-order chi connectivity index (χ1) is 13.3. The summed E-state index contributed by atoms with van der Waals surface area (Å²) in [5.41, 5.74) is 2.57. The molecule has 1 amide bonds. The topological polar surface area (TPSA) is 66.8 Å². The predicted molar refractivity (Wildman–Crippen MR) is 110 cm³/mol. The molecule has 2 aromatic rings. The van der Waals surface area contributed by atoms with E-state index in [0.29, 0.717) is 10.7 Å². The van der Waals surface area contributed by atoms with Crippen molar-refractivity contribution >= 4 is 38.4 Å². The summed E-state index contributed by atoms with van der Waals surface area (Å²) in [6, 6.07) is 13.3. The molecule has 8 heteroatoms. The van der Waals surface area contributed by atoms with Gasteiger partial charge in [0, 0.05) is 10.9 Å². The summed E-state index contributed by atoms with van der Waals surface area (Å²) in [6.07, 6.45) is 0.0691. The third-order valence-corrected chi connectivity index (χ3v) is 8.05. The molecule has 2 aliphatic heterocycles. The predicted octanol–water partition coefficient (Wildman–Crippen LogP) is 2.98. The minimum Gasteiger partial charge on any atom is -0.316 e. The Balaban J connectivity index is 1.63. The lowest BCUT2D eigenvalue weighted by Crippen LogP contribution is -2.37. The molecule has 0 N–H and O–H groups in total. The van der Waals surface area contributed by atoms with Gasteiger partial charge in [0.2, 0.25) is 0 Å². The van der Waals surface area contributed by atoms with Gasteiger partial charge in [-0.2, -0.15) is 4.99 Å². The van der Waals surface area contributed by atoms with E-state index in [-0.39, 0.29) is 40.9 Å². The van der Waals surface area contributed by atoms with Crippen LogP contribution < -0.4 is 4.90 Å². The number of amidine groups is 1. The molecule has 0 aliphatic carbocycles. The van der Waals surface area contributed by atoms with Crippen LogP contribution in [0.4, 0.5) is 10.1 Å². The molecule has 5 nitrogen and oxygen atoms in total. The third-order valence-electron chi connectivity index (χ3n) is 4.84. The first-order valence-corrected chi connectivity index (χ1v) is 11.6. The van der Waals surface area contributed by atoms with Crippen molar-refractivity contribution in [3.05, 3.63) is 65.5 Å². The number of rotatable bonds is 3. The molecule has 0 radical (unpaired) electrons. The van der Waals surface area contributed by atoms with E-state index in [1.165, 1.54) is 23.9 Å². The summed E-state index contributed by atoms with van der Waals surface area (Å²) in [6.45, 7) is 1.96. The maximum Gasteiger partial charge on any atom is 0.252 e. The Morgan fingerprint density at radius 1 is 1.21 bits per heavy atom. The van der Waals surface area contributed by atoms with Crippen molar-refractivity contribution in [2.45, 2.75) is 24.6 Å². The Hall–Kier alpha value is -2.19. The van der Waals surface area contributed by atoms with Gasteiger partial charge < -0.3 is 4.90 Å². The van der Waals surface area contributed by atoms with Crippen LogP contribution in [-0.4, -0.2) is 42.3 Å². The van der Waals surface area contributed by atoms with Gasteiger partial charge in [-0.3, -0.25) is 4.79 Å². The molecule has 2 fully saturated rings. The second kappa shape index (κ2) is 7.33. The number of amides is 1. The maximum absolute atomic E-state index is 13.0. The highest BCUT2D eigenvalue weighted by atomic mass is 32.2. The first kappa shape index (κ1) is 19.1. The van der Waals surface area contributed by atoms with Crippen LogP contribution in [0.25, 0.3) is 0 Å². The number of benzene rings is 2. The van der Waals surface area contributed by atoms with Crippen molar-refractivity contribution in [3.8, 4) is 0 Å². The zero-order valence-electron chi connectivity index (χ0n) is 15.2. The van der Waals surface area contributed by atoms with Gasteiger partial charge >= 0.3 is 0 Å². The monoisotopic (exact) mass is 418 g/mol.